The number of nitrogens with zero attached hydrogens (tertiary/aromatic N) is 2. The molecule has 1 N–H and O–H groups in total. The second kappa shape index (κ2) is 6.62. The van der Waals surface area contributed by atoms with Gasteiger partial charge in [0.25, 0.3) is 0 Å². The lowest BCUT2D eigenvalue weighted by molar-refractivity contribution is 0.481. The molecule has 2 atom stereocenters. The van der Waals surface area contributed by atoms with Gasteiger partial charge in [-0.1, -0.05) is 26.2 Å². The zero-order valence-corrected chi connectivity index (χ0v) is 12.6. The first-order chi connectivity index (χ1) is 8.70. The Morgan fingerprint density at radius 3 is 2.83 bits per heavy atom. The highest BCUT2D eigenvalue weighted by Crippen LogP contribution is 2.33. The van der Waals surface area contributed by atoms with Gasteiger partial charge in [-0.15, -0.1) is 11.8 Å². The van der Waals surface area contributed by atoms with Gasteiger partial charge in [0.1, 0.15) is 0 Å². The molecule has 1 saturated carbocycles. The molecule has 1 aliphatic rings. The van der Waals surface area contributed by atoms with Crippen molar-refractivity contribution in [2.24, 2.45) is 7.05 Å². The van der Waals surface area contributed by atoms with E-state index in [0.717, 1.165) is 12.2 Å². The van der Waals surface area contributed by atoms with E-state index in [1.54, 1.807) is 0 Å². The minimum atomic E-state index is 0.665. The average molecular weight is 267 g/mol. The monoisotopic (exact) mass is 267 g/mol. The normalized spacial score (nSPS) is 25.1. The minimum absolute atomic E-state index is 0.665. The molecule has 2 unspecified atom stereocenters. The van der Waals surface area contributed by atoms with Crippen LogP contribution in [0.3, 0.4) is 0 Å². The Kier molecular flexibility index (Phi) is 5.13. The number of hydrogen-bond acceptors (Lipinski definition) is 3. The SMILES string of the molecule is CCNC1CCCCCC1Sc1cc(C)nn1C. The predicted octanol–water partition coefficient (Wildman–Crippen LogP) is 3.13. The molecule has 1 aromatic rings. The molecule has 0 aliphatic heterocycles. The van der Waals surface area contributed by atoms with Crippen LogP contribution in [0.1, 0.15) is 44.7 Å². The molecule has 0 spiro atoms. The Morgan fingerprint density at radius 2 is 2.17 bits per heavy atom. The van der Waals surface area contributed by atoms with Crippen molar-refractivity contribution in [3.05, 3.63) is 11.8 Å². The largest absolute Gasteiger partial charge is 0.313 e. The summed E-state index contributed by atoms with van der Waals surface area (Å²) in [4.78, 5) is 0. The van der Waals surface area contributed by atoms with Crippen molar-refractivity contribution in [1.82, 2.24) is 15.1 Å². The summed E-state index contributed by atoms with van der Waals surface area (Å²) in [6, 6.07) is 2.87. The Hall–Kier alpha value is -0.480. The fraction of sp³-hybridized carbons (Fsp3) is 0.786. The maximum absolute atomic E-state index is 4.45. The molecule has 1 fully saturated rings. The Bertz CT molecular complexity index is 375. The van der Waals surface area contributed by atoms with Gasteiger partial charge in [-0.2, -0.15) is 5.10 Å². The summed E-state index contributed by atoms with van der Waals surface area (Å²) in [6.45, 7) is 5.35. The van der Waals surface area contributed by atoms with E-state index in [1.165, 1.54) is 37.1 Å². The number of rotatable bonds is 4. The van der Waals surface area contributed by atoms with E-state index in [0.29, 0.717) is 11.3 Å². The van der Waals surface area contributed by atoms with Crippen LogP contribution in [0, 0.1) is 6.92 Å². The molecule has 0 bridgehead atoms. The van der Waals surface area contributed by atoms with Gasteiger partial charge < -0.3 is 5.32 Å². The van der Waals surface area contributed by atoms with E-state index in [-0.39, 0.29) is 0 Å². The van der Waals surface area contributed by atoms with Crippen LogP contribution >= 0.6 is 11.8 Å². The molecule has 0 radical (unpaired) electrons. The summed E-state index contributed by atoms with van der Waals surface area (Å²) >= 11 is 2.01. The maximum atomic E-state index is 4.45. The van der Waals surface area contributed by atoms with Crippen LogP contribution in [0.5, 0.6) is 0 Å². The summed E-state index contributed by atoms with van der Waals surface area (Å²) in [5.41, 5.74) is 1.12. The molecule has 1 heterocycles. The van der Waals surface area contributed by atoms with Gasteiger partial charge in [0.2, 0.25) is 0 Å². The van der Waals surface area contributed by atoms with Crippen LogP contribution in [-0.4, -0.2) is 27.6 Å². The molecular weight excluding hydrogens is 242 g/mol. The summed E-state index contributed by atoms with van der Waals surface area (Å²) < 4.78 is 2.02. The summed E-state index contributed by atoms with van der Waals surface area (Å²) in [7, 11) is 2.05. The summed E-state index contributed by atoms with van der Waals surface area (Å²) in [5.74, 6) is 0. The lowest BCUT2D eigenvalue weighted by atomic mass is 10.1. The Morgan fingerprint density at radius 1 is 1.39 bits per heavy atom. The van der Waals surface area contributed by atoms with Crippen molar-refractivity contribution >= 4 is 11.8 Å². The van der Waals surface area contributed by atoms with Crippen LogP contribution in [0.25, 0.3) is 0 Å². The molecule has 0 saturated heterocycles. The molecule has 4 heteroatoms. The summed E-state index contributed by atoms with van der Waals surface area (Å²) in [5, 5.41) is 10.1. The highest BCUT2D eigenvalue weighted by molar-refractivity contribution is 7.99. The topological polar surface area (TPSA) is 29.9 Å². The second-order valence-corrected chi connectivity index (χ2v) is 6.47. The van der Waals surface area contributed by atoms with E-state index in [1.807, 2.05) is 23.5 Å². The fourth-order valence-electron chi connectivity index (χ4n) is 2.76. The van der Waals surface area contributed by atoms with E-state index in [4.69, 9.17) is 0 Å². The van der Waals surface area contributed by atoms with Crippen LogP contribution in [0.15, 0.2) is 11.1 Å². The molecule has 1 aliphatic carbocycles. The van der Waals surface area contributed by atoms with Crippen molar-refractivity contribution in [2.45, 2.75) is 62.3 Å². The van der Waals surface area contributed by atoms with Gasteiger partial charge in [-0.3, -0.25) is 4.68 Å². The number of hydrogen-bond donors (Lipinski definition) is 1. The lowest BCUT2D eigenvalue weighted by Gasteiger charge is -2.25. The molecule has 3 nitrogen and oxygen atoms in total. The first kappa shape index (κ1) is 13.9. The van der Waals surface area contributed by atoms with Gasteiger partial charge in [-0.05, 0) is 32.4 Å². The number of nitrogens with one attached hydrogen (secondary N) is 1. The smallest absolute Gasteiger partial charge is 0.0942 e. The zero-order valence-electron chi connectivity index (χ0n) is 11.8. The van der Waals surface area contributed by atoms with Crippen LogP contribution in [0.4, 0.5) is 0 Å². The standard InChI is InChI=1S/C14H25N3S/c1-4-15-12-8-6-5-7-9-13(12)18-14-10-11(2)16-17(14)3/h10,12-13,15H,4-9H2,1-3H3. The Labute approximate surface area is 115 Å². The molecule has 0 amide bonds. The molecule has 0 aromatic carbocycles. The molecule has 2 rings (SSSR count). The van der Waals surface area contributed by atoms with Crippen molar-refractivity contribution in [3.63, 3.8) is 0 Å². The van der Waals surface area contributed by atoms with Crippen molar-refractivity contribution < 1.29 is 0 Å². The van der Waals surface area contributed by atoms with Gasteiger partial charge in [-0.25, -0.2) is 0 Å². The van der Waals surface area contributed by atoms with Crippen molar-refractivity contribution in [3.8, 4) is 0 Å². The van der Waals surface area contributed by atoms with Gasteiger partial charge >= 0.3 is 0 Å². The van der Waals surface area contributed by atoms with E-state index in [9.17, 15) is 0 Å². The summed E-state index contributed by atoms with van der Waals surface area (Å²) in [6.07, 6.45) is 6.79. The maximum Gasteiger partial charge on any atom is 0.0942 e. The van der Waals surface area contributed by atoms with Crippen LogP contribution in [-0.2, 0) is 7.05 Å². The number of aromatic nitrogens is 2. The van der Waals surface area contributed by atoms with Crippen molar-refractivity contribution in [2.75, 3.05) is 6.54 Å². The van der Waals surface area contributed by atoms with Crippen LogP contribution < -0.4 is 5.32 Å². The average Bonchev–Trinajstić information content (AvgIpc) is 2.52. The first-order valence-electron chi connectivity index (χ1n) is 7.11. The zero-order chi connectivity index (χ0) is 13.0. The van der Waals surface area contributed by atoms with Gasteiger partial charge in [0, 0.05) is 18.3 Å². The van der Waals surface area contributed by atoms with E-state index in [2.05, 4.69) is 30.3 Å². The van der Waals surface area contributed by atoms with E-state index >= 15 is 0 Å². The number of aryl methyl sites for hydroxylation is 2. The van der Waals surface area contributed by atoms with Crippen LogP contribution in [0.2, 0.25) is 0 Å². The number of thioether (sulfide) groups is 1. The fourth-order valence-corrected chi connectivity index (χ4v) is 4.19. The quantitative estimate of drug-likeness (QED) is 0.850. The van der Waals surface area contributed by atoms with Gasteiger partial charge in [0.15, 0.2) is 0 Å². The third kappa shape index (κ3) is 3.51. The third-order valence-corrected chi connectivity index (χ3v) is 5.14. The molecule has 102 valence electrons. The van der Waals surface area contributed by atoms with Gasteiger partial charge in [0.05, 0.1) is 10.7 Å². The highest BCUT2D eigenvalue weighted by Gasteiger charge is 2.24. The minimum Gasteiger partial charge on any atom is -0.313 e. The Balaban J connectivity index is 2.05. The van der Waals surface area contributed by atoms with Crippen molar-refractivity contribution in [1.29, 1.82) is 0 Å². The molecule has 18 heavy (non-hydrogen) atoms. The third-order valence-electron chi connectivity index (χ3n) is 3.65. The van der Waals surface area contributed by atoms with E-state index < -0.39 is 0 Å². The molecule has 1 aromatic heterocycles. The first-order valence-corrected chi connectivity index (χ1v) is 7.99. The lowest BCUT2D eigenvalue weighted by Crippen LogP contribution is -2.37. The second-order valence-electron chi connectivity index (χ2n) is 5.21. The predicted molar refractivity (Wildman–Crippen MR) is 78.1 cm³/mol. The molecular formula is C14H25N3S. The highest BCUT2D eigenvalue weighted by atomic mass is 32.2.